The zero-order valence-corrected chi connectivity index (χ0v) is 23.5. The van der Waals surface area contributed by atoms with Crippen LogP contribution in [0.3, 0.4) is 0 Å². The summed E-state index contributed by atoms with van der Waals surface area (Å²) in [5, 5.41) is 25.1. The number of amides is 1. The van der Waals surface area contributed by atoms with Gasteiger partial charge in [0.25, 0.3) is 0 Å². The number of aliphatic hydroxyl groups excluding tert-OH is 2. The van der Waals surface area contributed by atoms with E-state index in [1.165, 1.54) is 24.3 Å². The summed E-state index contributed by atoms with van der Waals surface area (Å²) in [7, 11) is 0. The third-order valence-corrected chi connectivity index (χ3v) is 9.07. The lowest BCUT2D eigenvalue weighted by molar-refractivity contribution is -0.123. The number of nitrogens with one attached hydrogen (secondary N) is 2. The van der Waals surface area contributed by atoms with E-state index in [9.17, 15) is 9.90 Å². The van der Waals surface area contributed by atoms with E-state index in [-0.39, 0.29) is 39.6 Å². The largest absolute Gasteiger partial charge is 0.394 e. The summed E-state index contributed by atoms with van der Waals surface area (Å²) >= 11 is 12.3. The minimum atomic E-state index is -1.53. The van der Waals surface area contributed by atoms with Crippen molar-refractivity contribution in [1.29, 1.82) is 0 Å². The molecule has 0 spiro atoms. The van der Waals surface area contributed by atoms with Gasteiger partial charge in [0.15, 0.2) is 0 Å². The minimum Gasteiger partial charge on any atom is -0.394 e. The van der Waals surface area contributed by atoms with E-state index in [1.807, 2.05) is 0 Å². The average Bonchev–Trinajstić information content (AvgIpc) is 3.17. The first-order valence-corrected chi connectivity index (χ1v) is 14.3. The Bertz CT molecular complexity index is 1180. The van der Waals surface area contributed by atoms with Crippen LogP contribution < -0.4 is 16.4 Å². The number of hydrogen-bond donors (Lipinski definition) is 5. The maximum atomic E-state index is 15.7. The normalized spacial score (nSPS) is 27.3. The highest BCUT2D eigenvalue weighted by molar-refractivity contribution is 6.31. The van der Waals surface area contributed by atoms with Crippen LogP contribution >= 0.6 is 23.2 Å². The number of aliphatic hydroxyl groups is 2. The molecule has 6 N–H and O–H groups in total. The third kappa shape index (κ3) is 6.26. The second-order valence-electron chi connectivity index (χ2n) is 11.4. The molecule has 10 heteroatoms. The van der Waals surface area contributed by atoms with Crippen molar-refractivity contribution in [2.24, 2.45) is 11.1 Å². The Labute approximate surface area is 238 Å². The molecule has 1 saturated carbocycles. The Kier molecular flexibility index (Phi) is 9.56. The van der Waals surface area contributed by atoms with Gasteiger partial charge in [-0.25, -0.2) is 8.78 Å². The Morgan fingerprint density at radius 1 is 1.21 bits per heavy atom. The number of benzene rings is 2. The second-order valence-corrected chi connectivity index (χ2v) is 12.2. The van der Waals surface area contributed by atoms with E-state index in [2.05, 4.69) is 17.6 Å². The van der Waals surface area contributed by atoms with Gasteiger partial charge in [0.1, 0.15) is 11.6 Å². The Morgan fingerprint density at radius 3 is 2.59 bits per heavy atom. The summed E-state index contributed by atoms with van der Waals surface area (Å²) in [6, 6.07) is 7.16. The van der Waals surface area contributed by atoms with E-state index in [0.29, 0.717) is 6.42 Å². The van der Waals surface area contributed by atoms with Gasteiger partial charge in [-0.3, -0.25) is 4.79 Å². The van der Waals surface area contributed by atoms with Crippen molar-refractivity contribution in [2.75, 3.05) is 13.2 Å². The fourth-order valence-corrected chi connectivity index (χ4v) is 6.80. The molecule has 0 radical (unpaired) electrons. The molecule has 1 amide bonds. The molecule has 0 bridgehead atoms. The number of hydrogen-bond acceptors (Lipinski definition) is 5. The fourth-order valence-electron chi connectivity index (χ4n) is 6.46. The Morgan fingerprint density at radius 2 is 1.92 bits per heavy atom. The van der Waals surface area contributed by atoms with E-state index >= 15 is 8.78 Å². The average molecular weight is 585 g/mol. The quantitative estimate of drug-likeness (QED) is 0.292. The highest BCUT2D eigenvalue weighted by Gasteiger charge is 2.59. The van der Waals surface area contributed by atoms with Gasteiger partial charge in [-0.2, -0.15) is 0 Å². The molecule has 1 saturated heterocycles. The first-order chi connectivity index (χ1) is 18.5. The number of nitrogens with two attached hydrogens (primary N) is 1. The fraction of sp³-hybridized carbons (Fsp3) is 0.552. The summed E-state index contributed by atoms with van der Waals surface area (Å²) in [4.78, 5) is 13.6. The zero-order chi connectivity index (χ0) is 28.4. The van der Waals surface area contributed by atoms with E-state index < -0.39 is 53.8 Å². The first-order valence-electron chi connectivity index (χ1n) is 13.5. The second kappa shape index (κ2) is 12.4. The van der Waals surface area contributed by atoms with Gasteiger partial charge in [0.2, 0.25) is 5.91 Å². The molecule has 6 nitrogen and oxygen atoms in total. The molecular formula is C29H37Cl2F2N3O3. The maximum Gasteiger partial charge on any atom is 0.237 e. The van der Waals surface area contributed by atoms with Gasteiger partial charge in [0.05, 0.1) is 29.3 Å². The van der Waals surface area contributed by atoms with Crippen molar-refractivity contribution >= 4 is 29.1 Å². The lowest BCUT2D eigenvalue weighted by Crippen LogP contribution is -2.53. The smallest absolute Gasteiger partial charge is 0.237 e. The summed E-state index contributed by atoms with van der Waals surface area (Å²) in [5.74, 6) is -2.84. The standard InChI is InChI=1S/C29H37Cl2F2N3O3/c1-28(11-3-2-4-12-28)15-23-29(34,20-9-8-17(30)14-22(20)32)24(19-6-5-7-21(31)25(19)33)26(36-23)27(39)35-13-10-18(38)16-37/h5-9,14,18,23-24,26,36-38H,2-4,10-13,15-16,34H2,1H3,(H,35,39). The molecule has 2 aromatic carbocycles. The lowest BCUT2D eigenvalue weighted by Gasteiger charge is -2.42. The molecule has 2 fully saturated rings. The van der Waals surface area contributed by atoms with Crippen LogP contribution in [0.5, 0.6) is 0 Å². The van der Waals surface area contributed by atoms with Gasteiger partial charge in [-0.05, 0) is 54.9 Å². The van der Waals surface area contributed by atoms with Crippen LogP contribution in [0.4, 0.5) is 8.78 Å². The molecule has 39 heavy (non-hydrogen) atoms. The van der Waals surface area contributed by atoms with E-state index in [4.69, 9.17) is 34.0 Å². The number of rotatable bonds is 9. The van der Waals surface area contributed by atoms with Crippen LogP contribution in [0, 0.1) is 17.0 Å². The SMILES string of the molecule is CC1(CC2NC(C(=O)NCCC(O)CO)C(c3cccc(Cl)c3F)C2(N)c2ccc(Cl)cc2F)CCCCC1. The highest BCUT2D eigenvalue weighted by Crippen LogP contribution is 2.51. The van der Waals surface area contributed by atoms with Crippen molar-refractivity contribution in [3.63, 3.8) is 0 Å². The number of carbonyl (C=O) groups is 1. The predicted molar refractivity (Wildman–Crippen MR) is 149 cm³/mol. The molecule has 214 valence electrons. The van der Waals surface area contributed by atoms with Crippen LogP contribution in [0.1, 0.15) is 68.9 Å². The van der Waals surface area contributed by atoms with E-state index in [0.717, 1.165) is 32.1 Å². The lowest BCUT2D eigenvalue weighted by atomic mass is 9.65. The van der Waals surface area contributed by atoms with Crippen molar-refractivity contribution in [3.05, 3.63) is 69.2 Å². The Balaban J connectivity index is 1.83. The molecule has 2 aromatic rings. The summed E-state index contributed by atoms with van der Waals surface area (Å²) in [6.45, 7) is 1.83. The van der Waals surface area contributed by atoms with Crippen LogP contribution in [-0.4, -0.2) is 47.5 Å². The molecule has 4 rings (SSSR count). The highest BCUT2D eigenvalue weighted by atomic mass is 35.5. The summed E-state index contributed by atoms with van der Waals surface area (Å²) in [6.07, 6.45) is 4.92. The van der Waals surface area contributed by atoms with Crippen LogP contribution in [-0.2, 0) is 10.3 Å². The van der Waals surface area contributed by atoms with Crippen molar-refractivity contribution in [2.45, 2.75) is 81.5 Å². The van der Waals surface area contributed by atoms with E-state index in [1.54, 1.807) is 12.1 Å². The first kappa shape index (κ1) is 30.2. The molecule has 2 aliphatic rings. The summed E-state index contributed by atoms with van der Waals surface area (Å²) in [5.41, 5.74) is 5.88. The van der Waals surface area contributed by atoms with Crippen LogP contribution in [0.25, 0.3) is 0 Å². The minimum absolute atomic E-state index is 0.0821. The molecule has 5 atom stereocenters. The van der Waals surface area contributed by atoms with Crippen molar-refractivity contribution in [1.82, 2.24) is 10.6 Å². The third-order valence-electron chi connectivity index (χ3n) is 8.55. The molecule has 1 heterocycles. The molecule has 0 aromatic heterocycles. The van der Waals surface area contributed by atoms with Crippen LogP contribution in [0.15, 0.2) is 36.4 Å². The van der Waals surface area contributed by atoms with Gasteiger partial charge >= 0.3 is 0 Å². The predicted octanol–water partition coefficient (Wildman–Crippen LogP) is 4.77. The monoisotopic (exact) mass is 583 g/mol. The zero-order valence-electron chi connectivity index (χ0n) is 22.0. The summed E-state index contributed by atoms with van der Waals surface area (Å²) < 4.78 is 31.3. The molecule has 1 aliphatic heterocycles. The van der Waals surface area contributed by atoms with Crippen LogP contribution in [0.2, 0.25) is 10.0 Å². The number of carbonyl (C=O) groups excluding carboxylic acids is 1. The van der Waals surface area contributed by atoms with Crippen molar-refractivity contribution in [3.8, 4) is 0 Å². The van der Waals surface area contributed by atoms with Gasteiger partial charge in [0, 0.05) is 29.1 Å². The van der Waals surface area contributed by atoms with Gasteiger partial charge in [-0.1, -0.05) is 67.6 Å². The van der Waals surface area contributed by atoms with Crippen molar-refractivity contribution < 1.29 is 23.8 Å². The van der Waals surface area contributed by atoms with Gasteiger partial charge < -0.3 is 26.6 Å². The van der Waals surface area contributed by atoms with Gasteiger partial charge in [-0.15, -0.1) is 0 Å². The maximum absolute atomic E-state index is 15.7. The molecule has 1 aliphatic carbocycles. The molecular weight excluding hydrogens is 547 g/mol. The number of halogens is 4. The topological polar surface area (TPSA) is 108 Å². The Hall–Kier alpha value is -1.81. The molecule has 5 unspecified atom stereocenters.